The third-order valence-electron chi connectivity index (χ3n) is 1.61. The van der Waals surface area contributed by atoms with Crippen LogP contribution in [0.5, 0.6) is 5.88 Å². The van der Waals surface area contributed by atoms with E-state index >= 15 is 0 Å². The second-order valence-corrected chi connectivity index (χ2v) is 2.95. The number of aryl methyl sites for hydroxylation is 1. The van der Waals surface area contributed by atoms with Crippen LogP contribution in [0.2, 0.25) is 0 Å². The summed E-state index contributed by atoms with van der Waals surface area (Å²) >= 11 is 0. The van der Waals surface area contributed by atoms with Crippen LogP contribution in [0.4, 0.5) is 5.82 Å². The fourth-order valence-corrected chi connectivity index (χ4v) is 1.05. The molecule has 0 unspecified atom stereocenters. The highest BCUT2D eigenvalue weighted by Crippen LogP contribution is 2.12. The number of anilines is 1. The Bertz CT molecular complexity index is 327. The molecule has 0 amide bonds. The van der Waals surface area contributed by atoms with Gasteiger partial charge >= 0.3 is 0 Å². The predicted octanol–water partition coefficient (Wildman–Crippen LogP) is 0.720. The highest BCUT2D eigenvalue weighted by molar-refractivity contribution is 5.38. The number of hydrogen-bond acceptors (Lipinski definition) is 5. The molecule has 3 N–H and O–H groups in total. The van der Waals surface area contributed by atoms with E-state index in [4.69, 9.17) is 10.5 Å². The number of ether oxygens (including phenoxy) is 1. The van der Waals surface area contributed by atoms with E-state index in [1.807, 2.05) is 6.92 Å². The largest absolute Gasteiger partial charge is 0.476 e. The number of aromatic nitrogens is 2. The van der Waals surface area contributed by atoms with E-state index in [-0.39, 0.29) is 0 Å². The van der Waals surface area contributed by atoms with Gasteiger partial charge in [-0.3, -0.25) is 0 Å². The molecule has 5 nitrogen and oxygen atoms in total. The van der Waals surface area contributed by atoms with Crippen LogP contribution in [-0.4, -0.2) is 29.7 Å². The third kappa shape index (κ3) is 3.95. The van der Waals surface area contributed by atoms with Gasteiger partial charge in [0.05, 0.1) is 0 Å². The molecule has 0 bridgehead atoms. The molecule has 1 heterocycles. The molecule has 0 aliphatic heterocycles. The summed E-state index contributed by atoms with van der Waals surface area (Å²) in [5, 5.41) is 3.07. The number of hydrogen-bond donors (Lipinski definition) is 2. The van der Waals surface area contributed by atoms with Gasteiger partial charge in [-0.05, 0) is 6.92 Å². The van der Waals surface area contributed by atoms with Crippen molar-refractivity contribution in [2.45, 2.75) is 6.92 Å². The van der Waals surface area contributed by atoms with Gasteiger partial charge < -0.3 is 15.8 Å². The maximum absolute atomic E-state index is 5.34. The van der Waals surface area contributed by atoms with Crippen molar-refractivity contribution in [1.82, 2.24) is 9.97 Å². The zero-order valence-corrected chi connectivity index (χ0v) is 8.86. The van der Waals surface area contributed by atoms with Gasteiger partial charge in [0, 0.05) is 19.2 Å². The first-order chi connectivity index (χ1) is 7.26. The summed E-state index contributed by atoms with van der Waals surface area (Å²) in [6.07, 6.45) is 1.76. The van der Waals surface area contributed by atoms with E-state index in [9.17, 15) is 0 Å². The van der Waals surface area contributed by atoms with Gasteiger partial charge in [-0.25, -0.2) is 4.98 Å². The van der Waals surface area contributed by atoms with Crippen LogP contribution >= 0.6 is 0 Å². The molecular weight excluding hydrogens is 192 g/mol. The molecule has 0 saturated carbocycles. The van der Waals surface area contributed by atoms with Gasteiger partial charge in [0.25, 0.3) is 0 Å². The minimum atomic E-state index is 0.456. The summed E-state index contributed by atoms with van der Waals surface area (Å²) in [5.41, 5.74) is 5.34. The van der Waals surface area contributed by atoms with Crippen molar-refractivity contribution >= 4 is 5.82 Å². The molecule has 1 rings (SSSR count). The minimum Gasteiger partial charge on any atom is -0.476 e. The SMILES string of the molecule is C=CCNc1cc(OCCN)nc(C)n1. The van der Waals surface area contributed by atoms with E-state index in [0.29, 0.717) is 31.4 Å². The number of nitrogens with two attached hydrogens (primary N) is 1. The molecule has 0 radical (unpaired) electrons. The lowest BCUT2D eigenvalue weighted by Crippen LogP contribution is -2.12. The van der Waals surface area contributed by atoms with Crippen LogP contribution in [0.1, 0.15) is 5.82 Å². The van der Waals surface area contributed by atoms with Crippen molar-refractivity contribution in [2.24, 2.45) is 5.73 Å². The molecule has 0 aliphatic rings. The zero-order valence-electron chi connectivity index (χ0n) is 8.86. The van der Waals surface area contributed by atoms with Crippen LogP contribution in [-0.2, 0) is 0 Å². The Hall–Kier alpha value is -1.62. The molecule has 1 aromatic rings. The standard InChI is InChI=1S/C10H16N4O/c1-3-5-12-9-7-10(15-6-4-11)14-8(2)13-9/h3,7H,1,4-6,11H2,2H3,(H,12,13,14). The summed E-state index contributed by atoms with van der Waals surface area (Å²) in [5.74, 6) is 1.94. The molecule has 5 heteroatoms. The summed E-state index contributed by atoms with van der Waals surface area (Å²) in [7, 11) is 0. The topological polar surface area (TPSA) is 73.1 Å². The first kappa shape index (κ1) is 11.5. The van der Waals surface area contributed by atoms with Crippen molar-refractivity contribution in [2.75, 3.05) is 25.0 Å². The van der Waals surface area contributed by atoms with Gasteiger partial charge in [-0.2, -0.15) is 4.98 Å². The Kier molecular flexibility index (Phi) is 4.56. The zero-order chi connectivity index (χ0) is 11.1. The highest BCUT2D eigenvalue weighted by atomic mass is 16.5. The van der Waals surface area contributed by atoms with E-state index in [0.717, 1.165) is 5.82 Å². The van der Waals surface area contributed by atoms with Crippen LogP contribution in [0.15, 0.2) is 18.7 Å². The Labute approximate surface area is 89.4 Å². The van der Waals surface area contributed by atoms with E-state index in [2.05, 4.69) is 21.9 Å². The quantitative estimate of drug-likeness (QED) is 0.674. The van der Waals surface area contributed by atoms with Gasteiger partial charge in [-0.1, -0.05) is 6.08 Å². The normalized spacial score (nSPS) is 9.73. The lowest BCUT2D eigenvalue weighted by Gasteiger charge is -2.07. The van der Waals surface area contributed by atoms with Crippen LogP contribution in [0, 0.1) is 6.92 Å². The first-order valence-corrected chi connectivity index (χ1v) is 4.79. The second kappa shape index (κ2) is 5.98. The van der Waals surface area contributed by atoms with Gasteiger partial charge in [0.2, 0.25) is 5.88 Å². The molecule has 82 valence electrons. The third-order valence-corrected chi connectivity index (χ3v) is 1.61. The minimum absolute atomic E-state index is 0.456. The fraction of sp³-hybridized carbons (Fsp3) is 0.400. The lowest BCUT2D eigenvalue weighted by molar-refractivity contribution is 0.314. The fourth-order valence-electron chi connectivity index (χ4n) is 1.05. The first-order valence-electron chi connectivity index (χ1n) is 4.79. The lowest BCUT2D eigenvalue weighted by atomic mass is 10.5. The Morgan fingerprint density at radius 2 is 2.40 bits per heavy atom. The van der Waals surface area contributed by atoms with Crippen LogP contribution < -0.4 is 15.8 Å². The van der Waals surface area contributed by atoms with E-state index < -0.39 is 0 Å². The van der Waals surface area contributed by atoms with Gasteiger partial charge in [-0.15, -0.1) is 6.58 Å². The summed E-state index contributed by atoms with van der Waals surface area (Å²) in [4.78, 5) is 8.32. The van der Waals surface area contributed by atoms with E-state index in [1.54, 1.807) is 12.1 Å². The smallest absolute Gasteiger partial charge is 0.218 e. The van der Waals surface area contributed by atoms with Gasteiger partial charge in [0.15, 0.2) is 0 Å². The van der Waals surface area contributed by atoms with Crippen LogP contribution in [0.3, 0.4) is 0 Å². The average Bonchev–Trinajstić information content (AvgIpc) is 2.23. The Balaban J connectivity index is 2.70. The molecule has 0 spiro atoms. The Morgan fingerprint density at radius 3 is 3.07 bits per heavy atom. The molecule has 0 atom stereocenters. The van der Waals surface area contributed by atoms with Crippen molar-refractivity contribution < 1.29 is 4.74 Å². The van der Waals surface area contributed by atoms with E-state index in [1.165, 1.54) is 0 Å². The molecule has 1 aromatic heterocycles. The maximum atomic E-state index is 5.34. The molecular formula is C10H16N4O. The number of nitrogens with zero attached hydrogens (tertiary/aromatic N) is 2. The van der Waals surface area contributed by atoms with Crippen LogP contribution in [0.25, 0.3) is 0 Å². The molecule has 0 fully saturated rings. The number of rotatable bonds is 6. The summed E-state index contributed by atoms with van der Waals surface area (Å²) < 4.78 is 5.31. The molecule has 0 saturated heterocycles. The Morgan fingerprint density at radius 1 is 1.60 bits per heavy atom. The van der Waals surface area contributed by atoms with Crippen molar-refractivity contribution in [1.29, 1.82) is 0 Å². The highest BCUT2D eigenvalue weighted by Gasteiger charge is 2.01. The summed E-state index contributed by atoms with van der Waals surface area (Å²) in [6.45, 7) is 7.02. The average molecular weight is 208 g/mol. The monoisotopic (exact) mass is 208 g/mol. The predicted molar refractivity (Wildman–Crippen MR) is 60.0 cm³/mol. The van der Waals surface area contributed by atoms with Crippen molar-refractivity contribution in [3.8, 4) is 5.88 Å². The second-order valence-electron chi connectivity index (χ2n) is 2.95. The summed E-state index contributed by atoms with van der Waals surface area (Å²) in [6, 6.07) is 1.74. The van der Waals surface area contributed by atoms with Crippen molar-refractivity contribution in [3.05, 3.63) is 24.5 Å². The molecule has 0 aromatic carbocycles. The molecule has 0 aliphatic carbocycles. The molecule has 15 heavy (non-hydrogen) atoms. The van der Waals surface area contributed by atoms with Crippen molar-refractivity contribution in [3.63, 3.8) is 0 Å². The van der Waals surface area contributed by atoms with Gasteiger partial charge in [0.1, 0.15) is 18.2 Å². The number of nitrogens with one attached hydrogen (secondary N) is 1. The maximum Gasteiger partial charge on any atom is 0.218 e.